The van der Waals surface area contributed by atoms with Gasteiger partial charge in [-0.15, -0.1) is 0 Å². The molecule has 1 fully saturated rings. The van der Waals surface area contributed by atoms with E-state index in [2.05, 4.69) is 10.4 Å². The van der Waals surface area contributed by atoms with Crippen LogP contribution in [-0.2, 0) is 12.6 Å². The van der Waals surface area contributed by atoms with Gasteiger partial charge < -0.3 is 10.4 Å². The minimum absolute atomic E-state index is 0.565. The van der Waals surface area contributed by atoms with E-state index >= 15 is 0 Å². The molecule has 2 N–H and O–H groups in total. The first-order valence-corrected chi connectivity index (χ1v) is 7.03. The maximum atomic E-state index is 10.5. The first kappa shape index (κ1) is 13.6. The molecule has 102 valence electrons. The fourth-order valence-electron chi connectivity index (χ4n) is 2.63. The molecule has 0 spiro atoms. The zero-order chi connectivity index (χ0) is 13.0. The quantitative estimate of drug-likeness (QED) is 0.804. The molecule has 1 aromatic rings. The summed E-state index contributed by atoms with van der Waals surface area (Å²) in [6.45, 7) is 2.46. The number of nitrogens with zero attached hydrogens (tertiary/aromatic N) is 2. The second kappa shape index (κ2) is 5.85. The monoisotopic (exact) mass is 251 g/mol. The van der Waals surface area contributed by atoms with Crippen molar-refractivity contribution in [2.45, 2.75) is 57.1 Å². The van der Waals surface area contributed by atoms with E-state index in [4.69, 9.17) is 0 Å². The Hall–Kier alpha value is -0.870. The molecule has 1 aromatic heterocycles. The van der Waals surface area contributed by atoms with Crippen molar-refractivity contribution in [3.63, 3.8) is 0 Å². The summed E-state index contributed by atoms with van der Waals surface area (Å²) in [5, 5.41) is 18.1. The minimum Gasteiger partial charge on any atom is -0.384 e. The molecule has 0 amide bonds. The Balaban J connectivity index is 1.87. The van der Waals surface area contributed by atoms with Gasteiger partial charge in [-0.25, -0.2) is 0 Å². The van der Waals surface area contributed by atoms with Gasteiger partial charge in [0.25, 0.3) is 0 Å². The third-order valence-corrected chi connectivity index (χ3v) is 3.92. The van der Waals surface area contributed by atoms with Crippen LogP contribution >= 0.6 is 0 Å². The van der Waals surface area contributed by atoms with Gasteiger partial charge >= 0.3 is 0 Å². The van der Waals surface area contributed by atoms with Crippen molar-refractivity contribution in [1.82, 2.24) is 15.1 Å². The van der Waals surface area contributed by atoms with Crippen LogP contribution in [0.5, 0.6) is 0 Å². The van der Waals surface area contributed by atoms with Crippen LogP contribution in [-0.4, -0.2) is 27.5 Å². The molecule has 0 radical (unpaired) electrons. The second-order valence-electron chi connectivity index (χ2n) is 5.75. The topological polar surface area (TPSA) is 50.1 Å². The average Bonchev–Trinajstić information content (AvgIpc) is 2.63. The van der Waals surface area contributed by atoms with Gasteiger partial charge in [-0.3, -0.25) is 4.68 Å². The van der Waals surface area contributed by atoms with Crippen molar-refractivity contribution >= 4 is 0 Å². The number of hydrogen-bond acceptors (Lipinski definition) is 3. The van der Waals surface area contributed by atoms with E-state index in [0.29, 0.717) is 12.6 Å². The van der Waals surface area contributed by atoms with Crippen molar-refractivity contribution in [3.05, 3.63) is 18.0 Å². The first-order chi connectivity index (χ1) is 8.58. The third kappa shape index (κ3) is 3.56. The summed E-state index contributed by atoms with van der Waals surface area (Å²) >= 11 is 0. The summed E-state index contributed by atoms with van der Waals surface area (Å²) in [5.74, 6) is 0. The van der Waals surface area contributed by atoms with Crippen molar-refractivity contribution in [2.75, 3.05) is 6.54 Å². The molecule has 1 aliphatic rings. The number of aliphatic hydroxyl groups is 1. The SMILES string of the molecule is Cn1cc(C(C)(O)CNC2CCCCCC2)cn1. The Morgan fingerprint density at radius 1 is 1.39 bits per heavy atom. The van der Waals surface area contributed by atoms with Crippen LogP contribution in [0.1, 0.15) is 51.0 Å². The zero-order valence-electron chi connectivity index (χ0n) is 11.5. The Morgan fingerprint density at radius 3 is 2.61 bits per heavy atom. The van der Waals surface area contributed by atoms with E-state index < -0.39 is 5.60 Å². The number of hydrogen-bond donors (Lipinski definition) is 2. The fraction of sp³-hybridized carbons (Fsp3) is 0.786. The molecule has 1 unspecified atom stereocenters. The summed E-state index contributed by atoms with van der Waals surface area (Å²) in [6, 6.07) is 0.565. The van der Waals surface area contributed by atoms with Gasteiger partial charge in [0.15, 0.2) is 0 Å². The van der Waals surface area contributed by atoms with E-state index in [0.717, 1.165) is 5.56 Å². The molecule has 1 atom stereocenters. The molecule has 2 rings (SSSR count). The number of nitrogens with one attached hydrogen (secondary N) is 1. The molecule has 4 nitrogen and oxygen atoms in total. The molecular weight excluding hydrogens is 226 g/mol. The molecular formula is C14H25N3O. The van der Waals surface area contributed by atoms with Gasteiger partial charge in [0, 0.05) is 31.4 Å². The smallest absolute Gasteiger partial charge is 0.102 e. The second-order valence-corrected chi connectivity index (χ2v) is 5.75. The van der Waals surface area contributed by atoms with Crippen LogP contribution in [0.2, 0.25) is 0 Å². The number of rotatable bonds is 4. The standard InChI is InChI=1S/C14H25N3O/c1-14(18,12-9-16-17(2)10-12)11-15-13-7-5-3-4-6-8-13/h9-10,13,15,18H,3-8,11H2,1-2H3. The van der Waals surface area contributed by atoms with Gasteiger partial charge in [0.05, 0.1) is 6.20 Å². The fourth-order valence-corrected chi connectivity index (χ4v) is 2.63. The number of aromatic nitrogens is 2. The normalized spacial score (nSPS) is 21.5. The van der Waals surface area contributed by atoms with E-state index in [-0.39, 0.29) is 0 Å². The van der Waals surface area contributed by atoms with E-state index in [1.54, 1.807) is 10.9 Å². The van der Waals surface area contributed by atoms with Crippen LogP contribution < -0.4 is 5.32 Å². The largest absolute Gasteiger partial charge is 0.384 e. The van der Waals surface area contributed by atoms with E-state index in [1.165, 1.54) is 38.5 Å². The predicted octanol–water partition coefficient (Wildman–Crippen LogP) is 1.94. The van der Waals surface area contributed by atoms with Crippen LogP contribution in [0.15, 0.2) is 12.4 Å². The first-order valence-electron chi connectivity index (χ1n) is 7.03. The van der Waals surface area contributed by atoms with Crippen LogP contribution in [0.3, 0.4) is 0 Å². The summed E-state index contributed by atoms with van der Waals surface area (Å²) in [4.78, 5) is 0. The van der Waals surface area contributed by atoms with Crippen LogP contribution in [0, 0.1) is 0 Å². The molecule has 0 aliphatic heterocycles. The van der Waals surface area contributed by atoms with Crippen LogP contribution in [0.25, 0.3) is 0 Å². The summed E-state index contributed by atoms with van der Waals surface area (Å²) in [6.07, 6.45) is 11.4. The third-order valence-electron chi connectivity index (χ3n) is 3.92. The number of aryl methyl sites for hydroxylation is 1. The van der Waals surface area contributed by atoms with Gasteiger partial charge in [0.2, 0.25) is 0 Å². The van der Waals surface area contributed by atoms with Crippen molar-refractivity contribution in [2.24, 2.45) is 7.05 Å². The highest BCUT2D eigenvalue weighted by Crippen LogP contribution is 2.21. The molecule has 0 saturated heterocycles. The highest BCUT2D eigenvalue weighted by atomic mass is 16.3. The van der Waals surface area contributed by atoms with Gasteiger partial charge in [-0.2, -0.15) is 5.10 Å². The lowest BCUT2D eigenvalue weighted by Crippen LogP contribution is -2.40. The average molecular weight is 251 g/mol. The Kier molecular flexibility index (Phi) is 4.40. The van der Waals surface area contributed by atoms with Crippen LogP contribution in [0.4, 0.5) is 0 Å². The lowest BCUT2D eigenvalue weighted by atomic mass is 9.98. The Bertz CT molecular complexity index is 365. The molecule has 18 heavy (non-hydrogen) atoms. The van der Waals surface area contributed by atoms with Crippen molar-refractivity contribution in [3.8, 4) is 0 Å². The predicted molar refractivity (Wildman–Crippen MR) is 72.3 cm³/mol. The molecule has 4 heteroatoms. The minimum atomic E-state index is -0.833. The van der Waals surface area contributed by atoms with E-state index in [1.807, 2.05) is 20.2 Å². The summed E-state index contributed by atoms with van der Waals surface area (Å²) in [7, 11) is 1.87. The lowest BCUT2D eigenvalue weighted by Gasteiger charge is -2.26. The Morgan fingerprint density at radius 2 is 2.06 bits per heavy atom. The maximum absolute atomic E-state index is 10.5. The highest BCUT2D eigenvalue weighted by molar-refractivity contribution is 5.14. The molecule has 0 bridgehead atoms. The van der Waals surface area contributed by atoms with Gasteiger partial charge in [0.1, 0.15) is 5.60 Å². The summed E-state index contributed by atoms with van der Waals surface area (Å²) < 4.78 is 1.73. The molecule has 1 heterocycles. The van der Waals surface area contributed by atoms with Gasteiger partial charge in [-0.05, 0) is 19.8 Å². The van der Waals surface area contributed by atoms with Gasteiger partial charge in [-0.1, -0.05) is 25.7 Å². The van der Waals surface area contributed by atoms with Crippen molar-refractivity contribution in [1.29, 1.82) is 0 Å². The lowest BCUT2D eigenvalue weighted by molar-refractivity contribution is 0.0531. The molecule has 0 aromatic carbocycles. The Labute approximate surface area is 109 Å². The van der Waals surface area contributed by atoms with Crippen molar-refractivity contribution < 1.29 is 5.11 Å². The molecule has 1 aliphatic carbocycles. The van der Waals surface area contributed by atoms with E-state index in [9.17, 15) is 5.11 Å². The summed E-state index contributed by atoms with van der Waals surface area (Å²) in [5.41, 5.74) is 0.0479. The maximum Gasteiger partial charge on any atom is 0.102 e. The molecule has 1 saturated carbocycles. The highest BCUT2D eigenvalue weighted by Gasteiger charge is 2.25. The zero-order valence-corrected chi connectivity index (χ0v) is 11.5.